The molecule has 1 fully saturated rings. The number of amides is 1. The lowest BCUT2D eigenvalue weighted by molar-refractivity contribution is -0.132. The van der Waals surface area contributed by atoms with Crippen LogP contribution in [0.15, 0.2) is 0 Å². The van der Waals surface area contributed by atoms with Gasteiger partial charge in [-0.25, -0.2) is 0 Å². The number of carbonyl (C=O) groups is 1. The number of rotatable bonds is 5. The fraction of sp³-hybridized carbons (Fsp3) is 0.909. The monoisotopic (exact) mass is 213 g/mol. The molecular weight excluding hydrogens is 190 g/mol. The highest BCUT2D eigenvalue weighted by Crippen LogP contribution is 2.16. The summed E-state index contributed by atoms with van der Waals surface area (Å²) in [4.78, 5) is 13.8. The Morgan fingerprint density at radius 2 is 2.33 bits per heavy atom. The van der Waals surface area contributed by atoms with Gasteiger partial charge >= 0.3 is 0 Å². The number of carbonyl (C=O) groups excluding carboxylic acids is 1. The Morgan fingerprint density at radius 3 is 2.87 bits per heavy atom. The molecule has 0 saturated carbocycles. The highest BCUT2D eigenvalue weighted by molar-refractivity contribution is 5.82. The standard InChI is InChI=1S/C11H23N3O/c1-9-5-7-13-10(9)11(15)14(3)8-4-6-12-2/h9-10,12-13H,4-8H2,1-3H3. The maximum Gasteiger partial charge on any atom is 0.239 e. The molecule has 0 aromatic heterocycles. The van der Waals surface area contributed by atoms with Crippen LogP contribution in [0.3, 0.4) is 0 Å². The first kappa shape index (κ1) is 12.5. The van der Waals surface area contributed by atoms with Crippen molar-refractivity contribution in [1.82, 2.24) is 15.5 Å². The summed E-state index contributed by atoms with van der Waals surface area (Å²) in [6.45, 7) is 4.92. The van der Waals surface area contributed by atoms with Gasteiger partial charge in [-0.05, 0) is 38.9 Å². The van der Waals surface area contributed by atoms with Crippen molar-refractivity contribution >= 4 is 5.91 Å². The highest BCUT2D eigenvalue weighted by atomic mass is 16.2. The molecule has 0 aliphatic carbocycles. The van der Waals surface area contributed by atoms with E-state index in [1.807, 2.05) is 19.0 Å². The van der Waals surface area contributed by atoms with Gasteiger partial charge in [0.1, 0.15) is 0 Å². The van der Waals surface area contributed by atoms with Gasteiger partial charge in [0.05, 0.1) is 6.04 Å². The lowest BCUT2D eigenvalue weighted by Crippen LogP contribution is -2.44. The molecule has 0 aromatic rings. The van der Waals surface area contributed by atoms with Gasteiger partial charge in [-0.3, -0.25) is 4.79 Å². The fourth-order valence-corrected chi connectivity index (χ4v) is 2.01. The summed E-state index contributed by atoms with van der Waals surface area (Å²) in [6, 6.07) is 0.0459. The van der Waals surface area contributed by atoms with E-state index in [0.717, 1.165) is 32.5 Å². The Bertz CT molecular complexity index is 208. The molecule has 4 heteroatoms. The largest absolute Gasteiger partial charge is 0.344 e. The van der Waals surface area contributed by atoms with Gasteiger partial charge in [-0.15, -0.1) is 0 Å². The molecule has 15 heavy (non-hydrogen) atoms. The predicted molar refractivity (Wildman–Crippen MR) is 61.8 cm³/mol. The molecule has 88 valence electrons. The zero-order valence-corrected chi connectivity index (χ0v) is 10.0. The molecule has 1 saturated heterocycles. The van der Waals surface area contributed by atoms with E-state index in [1.54, 1.807) is 0 Å². The minimum Gasteiger partial charge on any atom is -0.344 e. The maximum atomic E-state index is 12.0. The molecule has 1 heterocycles. The number of hydrogen-bond acceptors (Lipinski definition) is 3. The van der Waals surface area contributed by atoms with Crippen LogP contribution in [0.25, 0.3) is 0 Å². The van der Waals surface area contributed by atoms with E-state index in [1.165, 1.54) is 0 Å². The van der Waals surface area contributed by atoms with Crippen LogP contribution in [-0.4, -0.2) is 50.6 Å². The first-order valence-electron chi connectivity index (χ1n) is 5.79. The number of likely N-dealkylation sites (N-methyl/N-ethyl adjacent to an activating group) is 1. The van der Waals surface area contributed by atoms with E-state index < -0.39 is 0 Å². The van der Waals surface area contributed by atoms with E-state index >= 15 is 0 Å². The van der Waals surface area contributed by atoms with E-state index in [-0.39, 0.29) is 11.9 Å². The Hall–Kier alpha value is -0.610. The van der Waals surface area contributed by atoms with Crippen LogP contribution in [0, 0.1) is 5.92 Å². The van der Waals surface area contributed by atoms with Crippen molar-refractivity contribution in [3.63, 3.8) is 0 Å². The van der Waals surface area contributed by atoms with Crippen molar-refractivity contribution in [2.24, 2.45) is 5.92 Å². The normalized spacial score (nSPS) is 25.5. The average molecular weight is 213 g/mol. The third-order valence-corrected chi connectivity index (χ3v) is 3.10. The molecule has 2 atom stereocenters. The number of hydrogen-bond donors (Lipinski definition) is 2. The van der Waals surface area contributed by atoms with Gasteiger partial charge in [0.2, 0.25) is 5.91 Å². The highest BCUT2D eigenvalue weighted by Gasteiger charge is 2.30. The van der Waals surface area contributed by atoms with Crippen LogP contribution < -0.4 is 10.6 Å². The van der Waals surface area contributed by atoms with Gasteiger partial charge in [0, 0.05) is 13.6 Å². The summed E-state index contributed by atoms with van der Waals surface area (Å²) >= 11 is 0. The minimum absolute atomic E-state index is 0.0459. The maximum absolute atomic E-state index is 12.0. The van der Waals surface area contributed by atoms with E-state index in [4.69, 9.17) is 0 Å². The second kappa shape index (κ2) is 6.08. The zero-order valence-electron chi connectivity index (χ0n) is 10.0. The van der Waals surface area contributed by atoms with Crippen LogP contribution in [0.5, 0.6) is 0 Å². The van der Waals surface area contributed by atoms with Gasteiger partial charge < -0.3 is 15.5 Å². The van der Waals surface area contributed by atoms with Crippen molar-refractivity contribution in [3.8, 4) is 0 Å². The van der Waals surface area contributed by atoms with Gasteiger partial charge in [0.25, 0.3) is 0 Å². The minimum atomic E-state index is 0.0459. The summed E-state index contributed by atoms with van der Waals surface area (Å²) < 4.78 is 0. The average Bonchev–Trinajstić information content (AvgIpc) is 2.63. The van der Waals surface area contributed by atoms with Crippen molar-refractivity contribution < 1.29 is 4.79 Å². The Labute approximate surface area is 92.4 Å². The second-order valence-electron chi connectivity index (χ2n) is 4.41. The first-order chi connectivity index (χ1) is 7.16. The molecule has 2 N–H and O–H groups in total. The number of nitrogens with zero attached hydrogens (tertiary/aromatic N) is 1. The molecular formula is C11H23N3O. The topological polar surface area (TPSA) is 44.4 Å². The summed E-state index contributed by atoms with van der Waals surface area (Å²) in [7, 11) is 3.83. The smallest absolute Gasteiger partial charge is 0.239 e. The SMILES string of the molecule is CNCCCN(C)C(=O)C1NCCC1C. The Morgan fingerprint density at radius 1 is 1.60 bits per heavy atom. The van der Waals surface area contributed by atoms with Crippen molar-refractivity contribution in [2.75, 3.05) is 33.7 Å². The molecule has 2 unspecified atom stereocenters. The van der Waals surface area contributed by atoms with Crippen LogP contribution in [0.4, 0.5) is 0 Å². The fourth-order valence-electron chi connectivity index (χ4n) is 2.01. The predicted octanol–water partition coefficient (Wildman–Crippen LogP) is 0.0523. The van der Waals surface area contributed by atoms with Crippen molar-refractivity contribution in [3.05, 3.63) is 0 Å². The molecule has 0 bridgehead atoms. The summed E-state index contributed by atoms with van der Waals surface area (Å²) in [5.41, 5.74) is 0. The van der Waals surface area contributed by atoms with Crippen molar-refractivity contribution in [1.29, 1.82) is 0 Å². The number of nitrogens with one attached hydrogen (secondary N) is 2. The molecule has 1 rings (SSSR count). The van der Waals surface area contributed by atoms with Gasteiger partial charge in [-0.1, -0.05) is 6.92 Å². The van der Waals surface area contributed by atoms with Crippen LogP contribution in [-0.2, 0) is 4.79 Å². The van der Waals surface area contributed by atoms with Crippen LogP contribution in [0.2, 0.25) is 0 Å². The lowest BCUT2D eigenvalue weighted by atomic mass is 10.0. The molecule has 0 aromatic carbocycles. The second-order valence-corrected chi connectivity index (χ2v) is 4.41. The molecule has 1 aliphatic rings. The lowest BCUT2D eigenvalue weighted by Gasteiger charge is -2.23. The summed E-state index contributed by atoms with van der Waals surface area (Å²) in [5, 5.41) is 6.36. The summed E-state index contributed by atoms with van der Waals surface area (Å²) in [6.07, 6.45) is 2.13. The van der Waals surface area contributed by atoms with E-state index in [2.05, 4.69) is 17.6 Å². The van der Waals surface area contributed by atoms with E-state index in [0.29, 0.717) is 5.92 Å². The third kappa shape index (κ3) is 3.47. The van der Waals surface area contributed by atoms with Crippen LogP contribution in [0.1, 0.15) is 19.8 Å². The molecule has 1 amide bonds. The van der Waals surface area contributed by atoms with Crippen molar-refractivity contribution in [2.45, 2.75) is 25.8 Å². The third-order valence-electron chi connectivity index (χ3n) is 3.10. The molecule has 1 aliphatic heterocycles. The quantitative estimate of drug-likeness (QED) is 0.634. The summed E-state index contributed by atoms with van der Waals surface area (Å²) in [5.74, 6) is 0.723. The first-order valence-corrected chi connectivity index (χ1v) is 5.79. The van der Waals surface area contributed by atoms with Crippen LogP contribution >= 0.6 is 0 Å². The Balaban J connectivity index is 2.31. The molecule has 4 nitrogen and oxygen atoms in total. The van der Waals surface area contributed by atoms with Gasteiger partial charge in [-0.2, -0.15) is 0 Å². The molecule has 0 radical (unpaired) electrons. The zero-order chi connectivity index (χ0) is 11.3. The van der Waals surface area contributed by atoms with E-state index in [9.17, 15) is 4.79 Å². The Kier molecular flexibility index (Phi) is 5.05. The van der Waals surface area contributed by atoms with Gasteiger partial charge in [0.15, 0.2) is 0 Å². The molecule has 0 spiro atoms.